The molecule has 0 spiro atoms. The number of para-hydroxylation sites is 2. The van der Waals surface area contributed by atoms with Crippen LogP contribution in [0.25, 0.3) is 10.9 Å². The normalized spacial score (nSPS) is 10.7. The summed E-state index contributed by atoms with van der Waals surface area (Å²) in [6.07, 6.45) is 3.24. The van der Waals surface area contributed by atoms with E-state index in [9.17, 15) is 4.79 Å². The van der Waals surface area contributed by atoms with Crippen molar-refractivity contribution in [3.63, 3.8) is 0 Å². The zero-order valence-electron chi connectivity index (χ0n) is 12.8. The lowest BCUT2D eigenvalue weighted by Gasteiger charge is -2.12. The van der Waals surface area contributed by atoms with Crippen molar-refractivity contribution >= 4 is 10.9 Å². The third kappa shape index (κ3) is 3.31. The Labute approximate surface area is 133 Å². The van der Waals surface area contributed by atoms with E-state index in [0.29, 0.717) is 36.8 Å². The van der Waals surface area contributed by atoms with Gasteiger partial charge >= 0.3 is 0 Å². The van der Waals surface area contributed by atoms with Crippen LogP contribution in [0.2, 0.25) is 0 Å². The zero-order valence-corrected chi connectivity index (χ0v) is 12.8. The van der Waals surface area contributed by atoms with E-state index in [4.69, 9.17) is 9.47 Å². The quantitative estimate of drug-likeness (QED) is 0.698. The summed E-state index contributed by atoms with van der Waals surface area (Å²) in [5.41, 5.74) is 0.196. The maximum absolute atomic E-state index is 12.3. The van der Waals surface area contributed by atoms with Crippen LogP contribution in [0.15, 0.2) is 53.6 Å². The Morgan fingerprint density at radius 2 is 1.87 bits per heavy atom. The van der Waals surface area contributed by atoms with Gasteiger partial charge in [-0.2, -0.15) is 5.10 Å². The van der Waals surface area contributed by atoms with Crippen LogP contribution in [0.4, 0.5) is 0 Å². The maximum atomic E-state index is 12.3. The van der Waals surface area contributed by atoms with Gasteiger partial charge in [-0.3, -0.25) is 9.78 Å². The summed E-state index contributed by atoms with van der Waals surface area (Å²) < 4.78 is 12.6. The van der Waals surface area contributed by atoms with Gasteiger partial charge in [-0.25, -0.2) is 4.68 Å². The van der Waals surface area contributed by atoms with Crippen LogP contribution in [-0.2, 0) is 6.54 Å². The molecule has 3 rings (SSSR count). The molecule has 0 radical (unpaired) electrons. The lowest BCUT2D eigenvalue weighted by Crippen LogP contribution is -2.26. The van der Waals surface area contributed by atoms with E-state index in [2.05, 4.69) is 10.1 Å². The molecule has 0 unspecified atom stereocenters. The Morgan fingerprint density at radius 1 is 1.09 bits per heavy atom. The molecule has 2 aromatic heterocycles. The van der Waals surface area contributed by atoms with Crippen molar-refractivity contribution in [1.82, 2.24) is 14.8 Å². The van der Waals surface area contributed by atoms with Crippen LogP contribution in [0.5, 0.6) is 11.5 Å². The highest BCUT2D eigenvalue weighted by Crippen LogP contribution is 2.26. The van der Waals surface area contributed by atoms with Gasteiger partial charge in [-0.05, 0) is 31.2 Å². The molecule has 0 N–H and O–H groups in total. The molecule has 0 aliphatic carbocycles. The maximum Gasteiger partial charge on any atom is 0.293 e. The van der Waals surface area contributed by atoms with Crippen molar-refractivity contribution in [3.05, 3.63) is 59.1 Å². The van der Waals surface area contributed by atoms with Gasteiger partial charge in [0.2, 0.25) is 0 Å². The first-order chi connectivity index (χ1) is 11.3. The lowest BCUT2D eigenvalue weighted by atomic mass is 10.3. The molecule has 0 amide bonds. The highest BCUT2D eigenvalue weighted by molar-refractivity contribution is 5.75. The first-order valence-corrected chi connectivity index (χ1v) is 7.45. The largest absolute Gasteiger partial charge is 0.490 e. The molecular weight excluding hydrogens is 294 g/mol. The van der Waals surface area contributed by atoms with Crippen LogP contribution in [0.3, 0.4) is 0 Å². The van der Waals surface area contributed by atoms with Gasteiger partial charge in [-0.15, -0.1) is 0 Å². The number of ether oxygens (including phenoxy) is 2. The number of nitrogens with zero attached hydrogens (tertiary/aromatic N) is 3. The van der Waals surface area contributed by atoms with Crippen molar-refractivity contribution in [1.29, 1.82) is 0 Å². The first kappa shape index (κ1) is 15.0. The van der Waals surface area contributed by atoms with E-state index in [1.165, 1.54) is 4.68 Å². The Morgan fingerprint density at radius 3 is 2.65 bits per heavy atom. The first-order valence-electron chi connectivity index (χ1n) is 7.45. The average molecular weight is 311 g/mol. The Bertz CT molecular complexity index is 861. The van der Waals surface area contributed by atoms with Gasteiger partial charge < -0.3 is 9.47 Å². The number of hydrogen-bond donors (Lipinski definition) is 0. The highest BCUT2D eigenvalue weighted by Gasteiger charge is 2.06. The Hall–Kier alpha value is -2.89. The van der Waals surface area contributed by atoms with E-state index < -0.39 is 0 Å². The van der Waals surface area contributed by atoms with Crippen molar-refractivity contribution in [2.75, 3.05) is 13.2 Å². The second-order valence-electron chi connectivity index (χ2n) is 4.84. The predicted molar refractivity (Wildman–Crippen MR) is 86.9 cm³/mol. The molecule has 118 valence electrons. The molecule has 0 fully saturated rings. The molecule has 1 aromatic carbocycles. The number of aromatic nitrogens is 3. The summed E-state index contributed by atoms with van der Waals surface area (Å²) in [6.45, 7) is 3.14. The number of hydrogen-bond acceptors (Lipinski definition) is 5. The Kier molecular flexibility index (Phi) is 4.52. The summed E-state index contributed by atoms with van der Waals surface area (Å²) in [7, 11) is 0. The molecule has 0 saturated heterocycles. The minimum absolute atomic E-state index is 0.218. The minimum atomic E-state index is -0.218. The molecular formula is C17H17N3O3. The molecule has 6 nitrogen and oxygen atoms in total. The van der Waals surface area contributed by atoms with Crippen LogP contribution in [0, 0.1) is 0 Å². The minimum Gasteiger partial charge on any atom is -0.490 e. The summed E-state index contributed by atoms with van der Waals surface area (Å²) in [4.78, 5) is 16.4. The molecule has 0 atom stereocenters. The number of benzene rings is 1. The fourth-order valence-corrected chi connectivity index (χ4v) is 2.25. The van der Waals surface area contributed by atoms with Crippen molar-refractivity contribution in [3.8, 4) is 11.5 Å². The topological polar surface area (TPSA) is 66.2 Å². The molecule has 2 heterocycles. The summed E-state index contributed by atoms with van der Waals surface area (Å²) in [6, 6.07) is 11.0. The fraction of sp³-hybridized carbons (Fsp3) is 0.235. The van der Waals surface area contributed by atoms with Gasteiger partial charge in [0.25, 0.3) is 5.56 Å². The van der Waals surface area contributed by atoms with Crippen LogP contribution >= 0.6 is 0 Å². The summed E-state index contributed by atoms with van der Waals surface area (Å²) in [5.74, 6) is 1.34. The monoisotopic (exact) mass is 311 g/mol. The van der Waals surface area contributed by atoms with Crippen LogP contribution in [-0.4, -0.2) is 28.0 Å². The number of fused-ring (bicyclic) bond motifs is 1. The van der Waals surface area contributed by atoms with Crippen LogP contribution in [0.1, 0.15) is 6.92 Å². The lowest BCUT2D eigenvalue weighted by molar-refractivity contribution is 0.260. The van der Waals surface area contributed by atoms with Crippen molar-refractivity contribution in [2.45, 2.75) is 13.5 Å². The van der Waals surface area contributed by atoms with Gasteiger partial charge in [-0.1, -0.05) is 12.1 Å². The molecule has 0 aliphatic heterocycles. The predicted octanol–water partition coefficient (Wildman–Crippen LogP) is 2.27. The van der Waals surface area contributed by atoms with Gasteiger partial charge in [0.15, 0.2) is 11.5 Å². The van der Waals surface area contributed by atoms with Crippen LogP contribution < -0.4 is 15.0 Å². The average Bonchev–Trinajstić information content (AvgIpc) is 2.59. The summed E-state index contributed by atoms with van der Waals surface area (Å²) >= 11 is 0. The van der Waals surface area contributed by atoms with E-state index in [0.717, 1.165) is 5.39 Å². The highest BCUT2D eigenvalue weighted by atomic mass is 16.5. The second-order valence-corrected chi connectivity index (χ2v) is 4.84. The SMILES string of the molecule is CCOc1ccccc1OCCn1ncc2cccnc2c1=O. The molecule has 0 saturated carbocycles. The molecule has 0 bridgehead atoms. The Balaban J connectivity index is 1.72. The molecule has 0 aliphatic rings. The van der Waals surface area contributed by atoms with E-state index in [-0.39, 0.29) is 5.56 Å². The smallest absolute Gasteiger partial charge is 0.293 e. The van der Waals surface area contributed by atoms with Crippen molar-refractivity contribution in [2.24, 2.45) is 0 Å². The number of rotatable bonds is 6. The van der Waals surface area contributed by atoms with Crippen molar-refractivity contribution < 1.29 is 9.47 Å². The van der Waals surface area contributed by atoms with Gasteiger partial charge in [0, 0.05) is 11.6 Å². The third-order valence-electron chi connectivity index (χ3n) is 3.32. The van der Waals surface area contributed by atoms with Gasteiger partial charge in [0.05, 0.1) is 19.3 Å². The third-order valence-corrected chi connectivity index (χ3v) is 3.32. The van der Waals surface area contributed by atoms with E-state index in [1.807, 2.05) is 37.3 Å². The standard InChI is InChI=1S/C17H17N3O3/c1-2-22-14-7-3-4-8-15(14)23-11-10-20-17(21)16-13(12-19-20)6-5-9-18-16/h3-9,12H,2,10-11H2,1H3. The van der Waals surface area contributed by atoms with E-state index in [1.54, 1.807) is 18.5 Å². The zero-order chi connectivity index (χ0) is 16.1. The fourth-order valence-electron chi connectivity index (χ4n) is 2.25. The number of pyridine rings is 1. The second kappa shape index (κ2) is 6.91. The van der Waals surface area contributed by atoms with E-state index >= 15 is 0 Å². The molecule has 3 aromatic rings. The summed E-state index contributed by atoms with van der Waals surface area (Å²) in [5, 5.41) is 4.88. The molecule has 6 heteroatoms. The molecule has 23 heavy (non-hydrogen) atoms. The van der Waals surface area contributed by atoms with Gasteiger partial charge in [0.1, 0.15) is 12.1 Å².